The van der Waals surface area contributed by atoms with Gasteiger partial charge in [-0.25, -0.2) is 0 Å². The van der Waals surface area contributed by atoms with Crippen LogP contribution in [-0.2, 0) is 10.1 Å². The summed E-state index contributed by atoms with van der Waals surface area (Å²) in [6.45, 7) is 0. The molecule has 0 aromatic heterocycles. The van der Waals surface area contributed by atoms with Gasteiger partial charge in [0.2, 0.25) is 0 Å². The number of hydrogen-bond acceptors (Lipinski definition) is 4. The number of rotatable bonds is 4. The standard InChI is InChI=1S/C17H13ClO4S/c1-21-16-10-9-13(18)11-17(16)23(19,20)22-15-8-4-6-12-5-2-3-7-14(12)15/h2-11H,1H3. The van der Waals surface area contributed by atoms with Crippen LogP contribution in [0.4, 0.5) is 0 Å². The second-order valence-corrected chi connectivity index (χ2v) is 6.76. The summed E-state index contributed by atoms with van der Waals surface area (Å²) in [7, 11) is -2.69. The van der Waals surface area contributed by atoms with Crippen LogP contribution in [0, 0.1) is 0 Å². The van der Waals surface area contributed by atoms with E-state index < -0.39 is 10.1 Å². The summed E-state index contributed by atoms with van der Waals surface area (Å²) in [5.74, 6) is 0.430. The minimum absolute atomic E-state index is 0.111. The van der Waals surface area contributed by atoms with E-state index in [1.165, 1.54) is 19.2 Å². The monoisotopic (exact) mass is 348 g/mol. The van der Waals surface area contributed by atoms with Crippen LogP contribution < -0.4 is 8.92 Å². The molecule has 0 atom stereocenters. The van der Waals surface area contributed by atoms with Crippen LogP contribution in [0.15, 0.2) is 65.6 Å². The van der Waals surface area contributed by atoms with Crippen LogP contribution >= 0.6 is 11.6 Å². The summed E-state index contributed by atoms with van der Waals surface area (Å²) in [6, 6.07) is 17.0. The van der Waals surface area contributed by atoms with Gasteiger partial charge in [0.05, 0.1) is 7.11 Å². The molecule has 0 spiro atoms. The molecule has 4 nitrogen and oxygen atoms in total. The third-order valence-corrected chi connectivity index (χ3v) is 4.84. The summed E-state index contributed by atoms with van der Waals surface area (Å²) in [5, 5.41) is 1.88. The molecule has 0 N–H and O–H groups in total. The Morgan fingerprint density at radius 1 is 0.913 bits per heavy atom. The molecule has 3 aromatic carbocycles. The lowest BCUT2D eigenvalue weighted by Crippen LogP contribution is -2.11. The van der Waals surface area contributed by atoms with Crippen molar-refractivity contribution in [3.8, 4) is 11.5 Å². The van der Waals surface area contributed by atoms with Gasteiger partial charge in [0.25, 0.3) is 0 Å². The molecule has 0 radical (unpaired) electrons. The molecule has 0 aliphatic carbocycles. The zero-order valence-corrected chi connectivity index (χ0v) is 13.8. The molecule has 23 heavy (non-hydrogen) atoms. The maximum Gasteiger partial charge on any atom is 0.343 e. The lowest BCUT2D eigenvalue weighted by atomic mass is 10.1. The van der Waals surface area contributed by atoms with Gasteiger partial charge in [0, 0.05) is 10.4 Å². The summed E-state index contributed by atoms with van der Waals surface area (Å²) in [5.41, 5.74) is 0. The highest BCUT2D eigenvalue weighted by Crippen LogP contribution is 2.32. The Morgan fingerprint density at radius 3 is 2.43 bits per heavy atom. The fourth-order valence-electron chi connectivity index (χ4n) is 2.28. The van der Waals surface area contributed by atoms with Crippen LogP contribution in [-0.4, -0.2) is 15.5 Å². The van der Waals surface area contributed by atoms with E-state index in [1.54, 1.807) is 24.3 Å². The van der Waals surface area contributed by atoms with E-state index in [-0.39, 0.29) is 21.4 Å². The largest absolute Gasteiger partial charge is 0.495 e. The number of fused-ring (bicyclic) bond motifs is 1. The molecule has 0 fully saturated rings. The lowest BCUT2D eigenvalue weighted by Gasteiger charge is -2.12. The van der Waals surface area contributed by atoms with Gasteiger partial charge in [-0.1, -0.05) is 48.0 Å². The molecular formula is C17H13ClO4S. The maximum absolute atomic E-state index is 12.6. The van der Waals surface area contributed by atoms with Gasteiger partial charge in [0.1, 0.15) is 10.6 Å². The zero-order valence-electron chi connectivity index (χ0n) is 12.2. The molecule has 0 aliphatic rings. The highest BCUT2D eigenvalue weighted by molar-refractivity contribution is 7.87. The van der Waals surface area contributed by atoms with Crippen molar-refractivity contribution in [3.05, 3.63) is 65.7 Å². The number of hydrogen-bond donors (Lipinski definition) is 0. The van der Waals surface area contributed by atoms with Crippen molar-refractivity contribution in [1.29, 1.82) is 0 Å². The van der Waals surface area contributed by atoms with Gasteiger partial charge in [-0.2, -0.15) is 8.42 Å². The number of methoxy groups -OCH3 is 1. The minimum Gasteiger partial charge on any atom is -0.495 e. The molecule has 0 heterocycles. The first kappa shape index (κ1) is 15.6. The topological polar surface area (TPSA) is 52.6 Å². The van der Waals surface area contributed by atoms with E-state index in [4.69, 9.17) is 20.5 Å². The second kappa shape index (κ2) is 6.10. The smallest absolute Gasteiger partial charge is 0.343 e. The Kier molecular flexibility index (Phi) is 4.15. The normalized spacial score (nSPS) is 11.4. The van der Waals surface area contributed by atoms with Crippen LogP contribution in [0.1, 0.15) is 0 Å². The molecule has 0 aliphatic heterocycles. The maximum atomic E-state index is 12.6. The van der Waals surface area contributed by atoms with Crippen molar-refractivity contribution in [2.45, 2.75) is 4.90 Å². The first-order chi connectivity index (χ1) is 11.0. The molecule has 0 amide bonds. The van der Waals surface area contributed by atoms with Gasteiger partial charge in [0.15, 0.2) is 5.75 Å². The van der Waals surface area contributed by atoms with Gasteiger partial charge in [-0.15, -0.1) is 0 Å². The van der Waals surface area contributed by atoms with Crippen LogP contribution in [0.2, 0.25) is 5.02 Å². The predicted octanol–water partition coefficient (Wildman–Crippen LogP) is 4.27. The molecule has 118 valence electrons. The molecule has 0 saturated carbocycles. The lowest BCUT2D eigenvalue weighted by molar-refractivity contribution is 0.398. The molecule has 0 bridgehead atoms. The van der Waals surface area contributed by atoms with E-state index in [0.29, 0.717) is 5.39 Å². The molecule has 3 aromatic rings. The average Bonchev–Trinajstić information content (AvgIpc) is 2.55. The van der Waals surface area contributed by atoms with Gasteiger partial charge in [-0.3, -0.25) is 0 Å². The Morgan fingerprint density at radius 2 is 1.65 bits per heavy atom. The summed E-state index contributed by atoms with van der Waals surface area (Å²) >= 11 is 5.90. The Balaban J connectivity index is 2.09. The SMILES string of the molecule is COc1ccc(Cl)cc1S(=O)(=O)Oc1cccc2ccccc12. The third kappa shape index (κ3) is 3.11. The first-order valence-electron chi connectivity index (χ1n) is 6.77. The van der Waals surface area contributed by atoms with Crippen molar-refractivity contribution in [2.75, 3.05) is 7.11 Å². The van der Waals surface area contributed by atoms with Crippen molar-refractivity contribution < 1.29 is 17.3 Å². The fraction of sp³-hybridized carbons (Fsp3) is 0.0588. The van der Waals surface area contributed by atoms with Crippen LogP contribution in [0.5, 0.6) is 11.5 Å². The van der Waals surface area contributed by atoms with Crippen LogP contribution in [0.25, 0.3) is 10.8 Å². The highest BCUT2D eigenvalue weighted by atomic mass is 35.5. The average molecular weight is 349 g/mol. The van der Waals surface area contributed by atoms with Crippen molar-refractivity contribution in [2.24, 2.45) is 0 Å². The molecule has 0 unspecified atom stereocenters. The predicted molar refractivity (Wildman–Crippen MR) is 89.8 cm³/mol. The third-order valence-electron chi connectivity index (χ3n) is 3.34. The molecular weight excluding hydrogens is 336 g/mol. The molecule has 6 heteroatoms. The molecule has 0 saturated heterocycles. The Labute approximate surface area is 139 Å². The van der Waals surface area contributed by atoms with Crippen LogP contribution in [0.3, 0.4) is 0 Å². The molecule has 3 rings (SSSR count). The van der Waals surface area contributed by atoms with E-state index in [2.05, 4.69) is 0 Å². The highest BCUT2D eigenvalue weighted by Gasteiger charge is 2.23. The summed E-state index contributed by atoms with van der Waals surface area (Å²) < 4.78 is 35.7. The number of benzene rings is 3. The summed E-state index contributed by atoms with van der Waals surface area (Å²) in [4.78, 5) is -0.111. The van der Waals surface area contributed by atoms with Crippen molar-refractivity contribution in [3.63, 3.8) is 0 Å². The van der Waals surface area contributed by atoms with E-state index >= 15 is 0 Å². The van der Waals surface area contributed by atoms with Gasteiger partial charge >= 0.3 is 10.1 Å². The van der Waals surface area contributed by atoms with E-state index in [9.17, 15) is 8.42 Å². The number of ether oxygens (including phenoxy) is 1. The van der Waals surface area contributed by atoms with Crippen molar-refractivity contribution in [1.82, 2.24) is 0 Å². The van der Waals surface area contributed by atoms with E-state index in [0.717, 1.165) is 5.39 Å². The Bertz CT molecular complexity index is 962. The fourth-order valence-corrected chi connectivity index (χ4v) is 3.65. The van der Waals surface area contributed by atoms with Crippen molar-refractivity contribution >= 4 is 32.5 Å². The second-order valence-electron chi connectivity index (χ2n) is 4.81. The van der Waals surface area contributed by atoms with E-state index in [1.807, 2.05) is 24.3 Å². The van der Waals surface area contributed by atoms with Gasteiger partial charge in [-0.05, 0) is 29.7 Å². The summed E-state index contributed by atoms with van der Waals surface area (Å²) in [6.07, 6.45) is 0. The van der Waals surface area contributed by atoms with Gasteiger partial charge < -0.3 is 8.92 Å². The zero-order chi connectivity index (χ0) is 16.4. The quantitative estimate of drug-likeness (QED) is 0.661. The Hall–Kier alpha value is -2.24. The number of halogens is 1. The minimum atomic E-state index is -4.08. The first-order valence-corrected chi connectivity index (χ1v) is 8.56.